The van der Waals surface area contributed by atoms with Gasteiger partial charge >= 0.3 is 0 Å². The lowest BCUT2D eigenvalue weighted by molar-refractivity contribution is 0.110. The molecule has 0 saturated carbocycles. The summed E-state index contributed by atoms with van der Waals surface area (Å²) in [5, 5.41) is 0. The van der Waals surface area contributed by atoms with Crippen LogP contribution in [0.3, 0.4) is 0 Å². The quantitative estimate of drug-likeness (QED) is 0.825. The second-order valence-corrected chi connectivity index (χ2v) is 3.83. The summed E-state index contributed by atoms with van der Waals surface area (Å²) < 4.78 is 5.35. The number of benzene rings is 1. The lowest BCUT2D eigenvalue weighted by Gasteiger charge is -2.08. The molecule has 0 spiro atoms. The fraction of sp³-hybridized carbons (Fsp3) is 0.0714. The number of hydrogen-bond acceptors (Lipinski definition) is 4. The Morgan fingerprint density at radius 1 is 1.11 bits per heavy atom. The molecule has 19 heavy (non-hydrogen) atoms. The highest BCUT2D eigenvalue weighted by Crippen LogP contribution is 2.11. The molecule has 1 N–H and O–H groups in total. The molecule has 5 heteroatoms. The van der Waals surface area contributed by atoms with E-state index in [1.165, 1.54) is 6.20 Å². The molecule has 1 aromatic heterocycles. The first-order valence-electron chi connectivity index (χ1n) is 5.59. The molecule has 0 saturated heterocycles. The smallest absolute Gasteiger partial charge is 0.234 e. The number of hydrogen-bond donors (Lipinski definition) is 1. The third-order valence-electron chi connectivity index (χ3n) is 2.57. The van der Waals surface area contributed by atoms with E-state index in [0.717, 1.165) is 5.56 Å². The van der Waals surface area contributed by atoms with Gasteiger partial charge in [-0.2, -0.15) is 0 Å². The molecule has 0 amide bonds. The third-order valence-corrected chi connectivity index (χ3v) is 2.57. The zero-order valence-electron chi connectivity index (χ0n) is 9.96. The van der Waals surface area contributed by atoms with Crippen molar-refractivity contribution in [1.82, 2.24) is 4.98 Å². The van der Waals surface area contributed by atoms with Gasteiger partial charge in [0.25, 0.3) is 0 Å². The van der Waals surface area contributed by atoms with Crippen LogP contribution < -0.4 is 10.2 Å². The summed E-state index contributed by atoms with van der Waals surface area (Å²) in [6.07, 6.45) is 2.09. The number of carbonyl (C=O) groups excluding carboxylic acids is 2. The van der Waals surface area contributed by atoms with Crippen molar-refractivity contribution in [1.29, 1.82) is 0 Å². The molecule has 0 unspecified atom stereocenters. The third kappa shape index (κ3) is 2.77. The Hall–Kier alpha value is -2.69. The number of aromatic amines is 1. The first kappa shape index (κ1) is 12.8. The van der Waals surface area contributed by atoms with Crippen LogP contribution in [-0.2, 0) is 6.61 Å². The molecule has 0 aliphatic heterocycles. The van der Waals surface area contributed by atoms with Gasteiger partial charge in [0.1, 0.15) is 12.3 Å². The van der Waals surface area contributed by atoms with Crippen LogP contribution in [0.25, 0.3) is 0 Å². The predicted molar refractivity (Wildman–Crippen MR) is 68.6 cm³/mol. The Balaban J connectivity index is 2.31. The summed E-state index contributed by atoms with van der Waals surface area (Å²) in [5.41, 5.74) is 0.210. The van der Waals surface area contributed by atoms with Gasteiger partial charge in [0.05, 0.1) is 5.56 Å². The van der Waals surface area contributed by atoms with Gasteiger partial charge in [-0.15, -0.1) is 0 Å². The van der Waals surface area contributed by atoms with E-state index in [9.17, 15) is 14.4 Å². The Morgan fingerprint density at radius 2 is 1.84 bits per heavy atom. The van der Waals surface area contributed by atoms with Gasteiger partial charge in [-0.1, -0.05) is 30.3 Å². The normalized spacial score (nSPS) is 9.89. The molecule has 0 radical (unpaired) electrons. The van der Waals surface area contributed by atoms with Crippen LogP contribution in [0.15, 0.2) is 41.3 Å². The van der Waals surface area contributed by atoms with Crippen LogP contribution in [0.5, 0.6) is 5.75 Å². The van der Waals surface area contributed by atoms with Gasteiger partial charge in [0.2, 0.25) is 5.43 Å². The van der Waals surface area contributed by atoms with Crippen LogP contribution in [0, 0.1) is 0 Å². The lowest BCUT2D eigenvalue weighted by atomic mass is 10.2. The molecule has 0 fully saturated rings. The van der Waals surface area contributed by atoms with Crippen molar-refractivity contribution in [2.24, 2.45) is 0 Å². The first-order chi connectivity index (χ1) is 9.26. The van der Waals surface area contributed by atoms with E-state index in [1.54, 1.807) is 0 Å². The lowest BCUT2D eigenvalue weighted by Crippen LogP contribution is -2.16. The van der Waals surface area contributed by atoms with E-state index in [2.05, 4.69) is 4.98 Å². The minimum atomic E-state index is -0.591. The van der Waals surface area contributed by atoms with Crippen molar-refractivity contribution < 1.29 is 14.3 Å². The van der Waals surface area contributed by atoms with Gasteiger partial charge < -0.3 is 9.72 Å². The average molecular weight is 257 g/mol. The minimum Gasteiger partial charge on any atom is -0.483 e. The van der Waals surface area contributed by atoms with Crippen molar-refractivity contribution in [3.8, 4) is 5.75 Å². The van der Waals surface area contributed by atoms with E-state index in [0.29, 0.717) is 12.6 Å². The van der Waals surface area contributed by atoms with Crippen molar-refractivity contribution >= 4 is 12.6 Å². The van der Waals surface area contributed by atoms with Crippen LogP contribution in [-0.4, -0.2) is 17.6 Å². The maximum atomic E-state index is 11.9. The summed E-state index contributed by atoms with van der Waals surface area (Å²) in [7, 11) is 0. The molecule has 0 aliphatic rings. The maximum absolute atomic E-state index is 11.9. The van der Waals surface area contributed by atoms with Gasteiger partial charge in [0.15, 0.2) is 18.3 Å². The number of ether oxygens (including phenoxy) is 1. The van der Waals surface area contributed by atoms with Gasteiger partial charge in [-0.25, -0.2) is 0 Å². The maximum Gasteiger partial charge on any atom is 0.234 e. The zero-order valence-corrected chi connectivity index (χ0v) is 9.96. The molecular formula is C14H11NO4. The Bertz CT molecular complexity index is 646. The molecule has 2 aromatic rings. The number of H-pyrrole nitrogens is 1. The molecular weight excluding hydrogens is 246 g/mol. The largest absolute Gasteiger partial charge is 0.483 e. The average Bonchev–Trinajstić information content (AvgIpc) is 2.46. The molecule has 2 rings (SSSR count). The summed E-state index contributed by atoms with van der Waals surface area (Å²) in [5.74, 6) is -0.136. The minimum absolute atomic E-state index is 0.0199. The molecule has 5 nitrogen and oxygen atoms in total. The Labute approximate surface area is 108 Å². The summed E-state index contributed by atoms with van der Waals surface area (Å²) >= 11 is 0. The molecule has 1 heterocycles. The SMILES string of the molecule is O=Cc1[nH]cc(C=O)c(=O)c1OCc1ccccc1. The number of aromatic nitrogens is 1. The first-order valence-corrected chi connectivity index (χ1v) is 5.59. The number of pyridine rings is 1. The van der Waals surface area contributed by atoms with E-state index in [4.69, 9.17) is 4.74 Å². The van der Waals surface area contributed by atoms with E-state index in [1.807, 2.05) is 30.3 Å². The van der Waals surface area contributed by atoms with Gasteiger partial charge in [-0.05, 0) is 5.56 Å². The number of aldehydes is 2. The number of rotatable bonds is 5. The fourth-order valence-electron chi connectivity index (χ4n) is 1.59. The van der Waals surface area contributed by atoms with Crippen LogP contribution in [0.4, 0.5) is 0 Å². The summed E-state index contributed by atoms with van der Waals surface area (Å²) in [6.45, 7) is 0.146. The topological polar surface area (TPSA) is 76.2 Å². The summed E-state index contributed by atoms with van der Waals surface area (Å²) in [4.78, 5) is 36.0. The monoisotopic (exact) mass is 257 g/mol. The predicted octanol–water partition coefficient (Wildman–Crippen LogP) is 1.58. The van der Waals surface area contributed by atoms with Crippen molar-refractivity contribution in [3.63, 3.8) is 0 Å². The highest BCUT2D eigenvalue weighted by molar-refractivity contribution is 5.80. The standard InChI is InChI=1S/C14H11NO4/c16-7-11-6-15-12(8-17)14(13(11)18)19-9-10-4-2-1-3-5-10/h1-8H,9H2,(H,15,18). The van der Waals surface area contributed by atoms with Crippen molar-refractivity contribution in [2.75, 3.05) is 0 Å². The van der Waals surface area contributed by atoms with E-state index in [-0.39, 0.29) is 23.6 Å². The number of carbonyl (C=O) groups is 2. The highest BCUT2D eigenvalue weighted by atomic mass is 16.5. The van der Waals surface area contributed by atoms with E-state index >= 15 is 0 Å². The molecule has 0 aliphatic carbocycles. The molecule has 1 aromatic carbocycles. The van der Waals surface area contributed by atoms with Crippen LogP contribution in [0.1, 0.15) is 26.4 Å². The molecule has 0 bridgehead atoms. The Kier molecular flexibility index (Phi) is 3.87. The highest BCUT2D eigenvalue weighted by Gasteiger charge is 2.12. The van der Waals surface area contributed by atoms with Crippen molar-refractivity contribution in [3.05, 3.63) is 63.6 Å². The zero-order chi connectivity index (χ0) is 13.7. The van der Waals surface area contributed by atoms with Crippen LogP contribution >= 0.6 is 0 Å². The molecule has 96 valence electrons. The second kappa shape index (κ2) is 5.77. The summed E-state index contributed by atoms with van der Waals surface area (Å²) in [6, 6.07) is 9.20. The molecule has 0 atom stereocenters. The second-order valence-electron chi connectivity index (χ2n) is 3.83. The Morgan fingerprint density at radius 3 is 2.47 bits per heavy atom. The fourth-order valence-corrected chi connectivity index (χ4v) is 1.59. The van der Waals surface area contributed by atoms with E-state index < -0.39 is 5.43 Å². The number of nitrogens with one attached hydrogen (secondary N) is 1. The van der Waals surface area contributed by atoms with Crippen LogP contribution in [0.2, 0.25) is 0 Å². The van der Waals surface area contributed by atoms with Crippen molar-refractivity contribution in [2.45, 2.75) is 6.61 Å². The van der Waals surface area contributed by atoms with Gasteiger partial charge in [0, 0.05) is 6.20 Å². The van der Waals surface area contributed by atoms with Gasteiger partial charge in [-0.3, -0.25) is 14.4 Å².